The highest BCUT2D eigenvalue weighted by molar-refractivity contribution is 6.74. The number of nitrogens with zero attached hydrogens (tertiary/aromatic N) is 2. The zero-order valence-electron chi connectivity index (χ0n) is 22.7. The molecule has 0 aliphatic carbocycles. The van der Waals surface area contributed by atoms with Crippen molar-refractivity contribution < 1.29 is 14.0 Å². The topological polar surface area (TPSA) is 74.6 Å². The molecule has 0 aromatic heterocycles. The lowest BCUT2D eigenvalue weighted by atomic mass is 9.99. The second kappa shape index (κ2) is 11.9. The van der Waals surface area contributed by atoms with Crippen molar-refractivity contribution in [1.29, 1.82) is 5.26 Å². The molecule has 0 spiro atoms. The van der Waals surface area contributed by atoms with Gasteiger partial charge >= 0.3 is 6.09 Å². The normalized spacial score (nSPS) is 14.2. The molecule has 1 amide bonds. The van der Waals surface area contributed by atoms with E-state index in [-0.39, 0.29) is 17.7 Å². The van der Waals surface area contributed by atoms with E-state index >= 15 is 0 Å². The Morgan fingerprint density at radius 2 is 1.92 bits per heavy atom. The number of hydrogen-bond acceptors (Lipinski definition) is 5. The van der Waals surface area contributed by atoms with Crippen molar-refractivity contribution in [3.8, 4) is 6.07 Å². The fourth-order valence-electron chi connectivity index (χ4n) is 4.29. The standard InChI is InChI=1S/C29H41N3O3Si/c1-22(31-28(33)34-21-23-11-8-7-9-12-23)17-24-18-25-13-15-32(27(25)26(19-24)20-30)14-10-16-35-36(5,6)29(2,3)4/h7-9,11-12,18-19,22H,10,13-17,21H2,1-6H3,(H,31,33)/t22-/m1/s1. The molecule has 194 valence electrons. The van der Waals surface area contributed by atoms with Gasteiger partial charge in [-0.1, -0.05) is 57.2 Å². The number of hydrogen-bond donors (Lipinski definition) is 1. The first-order valence-corrected chi connectivity index (χ1v) is 15.8. The maximum atomic E-state index is 12.2. The lowest BCUT2D eigenvalue weighted by Crippen LogP contribution is -2.41. The van der Waals surface area contributed by atoms with E-state index in [0.29, 0.717) is 12.0 Å². The summed E-state index contributed by atoms with van der Waals surface area (Å²) in [7, 11) is -1.74. The molecule has 1 N–H and O–H groups in total. The molecule has 1 aliphatic heterocycles. The average molecular weight is 508 g/mol. The number of anilines is 1. The zero-order valence-corrected chi connectivity index (χ0v) is 23.7. The van der Waals surface area contributed by atoms with Gasteiger partial charge in [0.25, 0.3) is 0 Å². The van der Waals surface area contributed by atoms with Crippen LogP contribution in [0.5, 0.6) is 0 Å². The first kappa shape index (κ1) is 27.8. The highest BCUT2D eigenvalue weighted by atomic mass is 28.4. The van der Waals surface area contributed by atoms with Crippen LogP contribution in [0.4, 0.5) is 10.5 Å². The number of alkyl carbamates (subject to hydrolysis) is 1. The minimum absolute atomic E-state index is 0.108. The molecule has 6 nitrogen and oxygen atoms in total. The summed E-state index contributed by atoms with van der Waals surface area (Å²) in [5.74, 6) is 0. The van der Waals surface area contributed by atoms with Crippen LogP contribution in [0.1, 0.15) is 56.4 Å². The number of ether oxygens (including phenoxy) is 1. The van der Waals surface area contributed by atoms with Crippen molar-refractivity contribution in [3.05, 3.63) is 64.7 Å². The number of amides is 1. The fraction of sp³-hybridized carbons (Fsp3) is 0.517. The molecular formula is C29H41N3O3Si. The number of nitrogens with one attached hydrogen (secondary N) is 1. The number of rotatable bonds is 10. The Hall–Kier alpha value is -2.82. The van der Waals surface area contributed by atoms with Gasteiger partial charge in [0.2, 0.25) is 0 Å². The second-order valence-electron chi connectivity index (χ2n) is 11.3. The summed E-state index contributed by atoms with van der Waals surface area (Å²) in [5.41, 5.74) is 5.01. The smallest absolute Gasteiger partial charge is 0.407 e. The Labute approximate surface area is 217 Å². The van der Waals surface area contributed by atoms with Crippen LogP contribution in [0, 0.1) is 11.3 Å². The van der Waals surface area contributed by atoms with Gasteiger partial charge in [-0.05, 0) is 67.1 Å². The van der Waals surface area contributed by atoms with Crippen LogP contribution in [-0.4, -0.2) is 40.1 Å². The highest BCUT2D eigenvalue weighted by Gasteiger charge is 2.37. The predicted octanol–water partition coefficient (Wildman–Crippen LogP) is 6.19. The molecule has 36 heavy (non-hydrogen) atoms. The summed E-state index contributed by atoms with van der Waals surface area (Å²) in [6, 6.07) is 16.1. The van der Waals surface area contributed by atoms with Gasteiger partial charge in [-0.15, -0.1) is 0 Å². The van der Waals surface area contributed by atoms with E-state index in [9.17, 15) is 10.1 Å². The molecule has 1 heterocycles. The molecule has 2 aromatic carbocycles. The van der Waals surface area contributed by atoms with Crippen LogP contribution in [0.15, 0.2) is 42.5 Å². The lowest BCUT2D eigenvalue weighted by molar-refractivity contribution is 0.136. The van der Waals surface area contributed by atoms with Gasteiger partial charge < -0.3 is 19.4 Å². The van der Waals surface area contributed by atoms with Crippen molar-refractivity contribution in [3.63, 3.8) is 0 Å². The Balaban J connectivity index is 1.54. The number of carbonyl (C=O) groups excluding carboxylic acids is 1. The Morgan fingerprint density at radius 3 is 2.58 bits per heavy atom. The minimum atomic E-state index is -1.74. The molecule has 7 heteroatoms. The van der Waals surface area contributed by atoms with Gasteiger partial charge in [-0.2, -0.15) is 5.26 Å². The van der Waals surface area contributed by atoms with E-state index in [1.54, 1.807) is 0 Å². The minimum Gasteiger partial charge on any atom is -0.445 e. The molecular weight excluding hydrogens is 466 g/mol. The number of benzene rings is 2. The van der Waals surface area contributed by atoms with Gasteiger partial charge in [0, 0.05) is 25.7 Å². The third kappa shape index (κ3) is 7.34. The molecule has 3 rings (SSSR count). The Kier molecular flexibility index (Phi) is 9.21. The molecule has 0 bridgehead atoms. The van der Waals surface area contributed by atoms with Gasteiger partial charge in [0.15, 0.2) is 8.32 Å². The molecule has 1 atom stereocenters. The van der Waals surface area contributed by atoms with E-state index < -0.39 is 14.4 Å². The van der Waals surface area contributed by atoms with Crippen LogP contribution < -0.4 is 10.2 Å². The summed E-state index contributed by atoms with van der Waals surface area (Å²) >= 11 is 0. The maximum Gasteiger partial charge on any atom is 0.407 e. The monoisotopic (exact) mass is 507 g/mol. The van der Waals surface area contributed by atoms with E-state index in [1.165, 1.54) is 5.56 Å². The zero-order chi connectivity index (χ0) is 26.3. The van der Waals surface area contributed by atoms with E-state index in [0.717, 1.165) is 49.4 Å². The van der Waals surface area contributed by atoms with Crippen molar-refractivity contribution in [2.45, 2.75) is 77.7 Å². The van der Waals surface area contributed by atoms with Crippen LogP contribution in [0.3, 0.4) is 0 Å². The van der Waals surface area contributed by atoms with Crippen LogP contribution in [0.2, 0.25) is 18.1 Å². The molecule has 0 unspecified atom stereocenters. The number of fused-ring (bicyclic) bond motifs is 1. The molecule has 0 saturated heterocycles. The second-order valence-corrected chi connectivity index (χ2v) is 16.1. The molecule has 1 aliphatic rings. The summed E-state index contributed by atoms with van der Waals surface area (Å²) in [6.07, 6.45) is 2.09. The van der Waals surface area contributed by atoms with Crippen molar-refractivity contribution in [2.24, 2.45) is 0 Å². The van der Waals surface area contributed by atoms with Crippen LogP contribution in [0.25, 0.3) is 0 Å². The molecule has 2 aromatic rings. The highest BCUT2D eigenvalue weighted by Crippen LogP contribution is 2.37. The third-order valence-electron chi connectivity index (χ3n) is 7.30. The van der Waals surface area contributed by atoms with Crippen molar-refractivity contribution in [2.75, 3.05) is 24.6 Å². The first-order valence-electron chi connectivity index (χ1n) is 12.9. The average Bonchev–Trinajstić information content (AvgIpc) is 3.22. The Morgan fingerprint density at radius 1 is 1.19 bits per heavy atom. The largest absolute Gasteiger partial charge is 0.445 e. The fourth-order valence-corrected chi connectivity index (χ4v) is 5.38. The predicted molar refractivity (Wildman–Crippen MR) is 148 cm³/mol. The van der Waals surface area contributed by atoms with Crippen molar-refractivity contribution in [1.82, 2.24) is 5.32 Å². The van der Waals surface area contributed by atoms with Crippen LogP contribution in [-0.2, 0) is 28.6 Å². The van der Waals surface area contributed by atoms with E-state index in [2.05, 4.69) is 56.2 Å². The molecule has 0 saturated carbocycles. The SMILES string of the molecule is C[C@H](Cc1cc(C#N)c2c(c1)CCN2CCCO[Si](C)(C)C(C)(C)C)NC(=O)OCc1ccccc1. The van der Waals surface area contributed by atoms with E-state index in [1.807, 2.05) is 43.3 Å². The third-order valence-corrected chi connectivity index (χ3v) is 11.8. The quantitative estimate of drug-likeness (QED) is 0.307. The molecule has 0 radical (unpaired) electrons. The number of carbonyl (C=O) groups is 1. The summed E-state index contributed by atoms with van der Waals surface area (Å²) in [5, 5.41) is 13.0. The van der Waals surface area contributed by atoms with Crippen LogP contribution >= 0.6 is 0 Å². The van der Waals surface area contributed by atoms with Gasteiger partial charge in [-0.25, -0.2) is 4.79 Å². The summed E-state index contributed by atoms with van der Waals surface area (Å²) in [6.45, 7) is 16.1. The van der Waals surface area contributed by atoms with Gasteiger partial charge in [0.1, 0.15) is 12.7 Å². The van der Waals surface area contributed by atoms with Gasteiger partial charge in [0.05, 0.1) is 11.3 Å². The molecule has 0 fully saturated rings. The van der Waals surface area contributed by atoms with E-state index in [4.69, 9.17) is 9.16 Å². The summed E-state index contributed by atoms with van der Waals surface area (Å²) < 4.78 is 11.7. The number of nitriles is 1. The summed E-state index contributed by atoms with van der Waals surface area (Å²) in [4.78, 5) is 14.5. The lowest BCUT2D eigenvalue weighted by Gasteiger charge is -2.36. The van der Waals surface area contributed by atoms with Crippen molar-refractivity contribution >= 4 is 20.1 Å². The Bertz CT molecular complexity index is 1070. The maximum absolute atomic E-state index is 12.2. The first-order chi connectivity index (χ1) is 17.0. The van der Waals surface area contributed by atoms with Gasteiger partial charge in [-0.3, -0.25) is 0 Å².